The first-order valence-corrected chi connectivity index (χ1v) is 8.39. The first-order chi connectivity index (χ1) is 12.0. The molecule has 0 fully saturated rings. The molecule has 0 spiro atoms. The summed E-state index contributed by atoms with van der Waals surface area (Å²) in [4.78, 5) is 24.5. The Labute approximate surface area is 148 Å². The van der Waals surface area contributed by atoms with Crippen molar-refractivity contribution in [1.29, 1.82) is 0 Å². The molecule has 0 heterocycles. The lowest BCUT2D eigenvalue weighted by Crippen LogP contribution is -2.33. The predicted octanol–water partition coefficient (Wildman–Crippen LogP) is 3.54. The maximum absolute atomic E-state index is 12.3. The molecule has 0 aliphatic carbocycles. The Bertz CT molecular complexity index is 743. The summed E-state index contributed by atoms with van der Waals surface area (Å²) in [6.45, 7) is 5.74. The van der Waals surface area contributed by atoms with Gasteiger partial charge in [0.25, 0.3) is 11.8 Å². The highest BCUT2D eigenvalue weighted by atomic mass is 16.5. The molecule has 0 aliphatic rings. The molecule has 1 atom stereocenters. The highest BCUT2D eigenvalue weighted by Crippen LogP contribution is 2.17. The van der Waals surface area contributed by atoms with E-state index in [1.165, 1.54) is 0 Å². The fourth-order valence-electron chi connectivity index (χ4n) is 2.24. The molecule has 2 N–H and O–H groups in total. The Kier molecular flexibility index (Phi) is 6.57. The number of benzene rings is 2. The largest absolute Gasteiger partial charge is 0.483 e. The van der Waals surface area contributed by atoms with E-state index in [-0.39, 0.29) is 24.5 Å². The van der Waals surface area contributed by atoms with Crippen LogP contribution in [0.25, 0.3) is 0 Å². The van der Waals surface area contributed by atoms with Gasteiger partial charge in [0.15, 0.2) is 6.61 Å². The number of hydrogen-bond donors (Lipinski definition) is 2. The third kappa shape index (κ3) is 5.35. The smallest absolute Gasteiger partial charge is 0.262 e. The Morgan fingerprint density at radius 2 is 1.76 bits per heavy atom. The minimum Gasteiger partial charge on any atom is -0.483 e. The van der Waals surface area contributed by atoms with Crippen LogP contribution in [0.1, 0.15) is 36.2 Å². The number of rotatable bonds is 7. The molecule has 2 aromatic carbocycles. The SMILES string of the molecule is CC[C@H](C)NC(=O)c1ccccc1NC(=O)COc1ccccc1C. The van der Waals surface area contributed by atoms with Crippen molar-refractivity contribution in [3.05, 3.63) is 59.7 Å². The molecule has 0 saturated heterocycles. The fourth-order valence-corrected chi connectivity index (χ4v) is 2.24. The van der Waals surface area contributed by atoms with Gasteiger partial charge in [-0.3, -0.25) is 9.59 Å². The van der Waals surface area contributed by atoms with Crippen LogP contribution in [0.5, 0.6) is 5.75 Å². The third-order valence-corrected chi connectivity index (χ3v) is 3.89. The quantitative estimate of drug-likeness (QED) is 0.810. The lowest BCUT2D eigenvalue weighted by molar-refractivity contribution is -0.118. The normalized spacial score (nSPS) is 11.5. The lowest BCUT2D eigenvalue weighted by atomic mass is 10.1. The summed E-state index contributed by atoms with van der Waals surface area (Å²) in [5.41, 5.74) is 1.87. The van der Waals surface area contributed by atoms with Crippen molar-refractivity contribution in [1.82, 2.24) is 5.32 Å². The molecule has 25 heavy (non-hydrogen) atoms. The minimum absolute atomic E-state index is 0.0700. The van der Waals surface area contributed by atoms with Gasteiger partial charge in [-0.2, -0.15) is 0 Å². The van der Waals surface area contributed by atoms with E-state index >= 15 is 0 Å². The van der Waals surface area contributed by atoms with Gasteiger partial charge in [0.2, 0.25) is 0 Å². The number of anilines is 1. The van der Waals surface area contributed by atoms with Crippen LogP contribution in [-0.4, -0.2) is 24.5 Å². The van der Waals surface area contributed by atoms with Crippen molar-refractivity contribution in [2.75, 3.05) is 11.9 Å². The van der Waals surface area contributed by atoms with Crippen molar-refractivity contribution in [3.63, 3.8) is 0 Å². The summed E-state index contributed by atoms with van der Waals surface area (Å²) >= 11 is 0. The van der Waals surface area contributed by atoms with Gasteiger partial charge in [0.1, 0.15) is 5.75 Å². The van der Waals surface area contributed by atoms with E-state index in [9.17, 15) is 9.59 Å². The molecule has 5 heteroatoms. The summed E-state index contributed by atoms with van der Waals surface area (Å²) in [6, 6.07) is 14.5. The van der Waals surface area contributed by atoms with Gasteiger partial charge in [-0.25, -0.2) is 0 Å². The third-order valence-electron chi connectivity index (χ3n) is 3.89. The first-order valence-electron chi connectivity index (χ1n) is 8.39. The molecule has 0 bridgehead atoms. The Morgan fingerprint density at radius 1 is 1.08 bits per heavy atom. The van der Waals surface area contributed by atoms with Crippen molar-refractivity contribution in [3.8, 4) is 5.75 Å². The Hall–Kier alpha value is -2.82. The molecule has 2 aromatic rings. The second-order valence-electron chi connectivity index (χ2n) is 5.93. The number of ether oxygens (including phenoxy) is 1. The van der Waals surface area contributed by atoms with Crippen LogP contribution in [-0.2, 0) is 4.79 Å². The number of amides is 2. The van der Waals surface area contributed by atoms with E-state index in [4.69, 9.17) is 4.74 Å². The van der Waals surface area contributed by atoms with Crippen molar-refractivity contribution < 1.29 is 14.3 Å². The number of para-hydroxylation sites is 2. The number of aryl methyl sites for hydroxylation is 1. The standard InChI is InChI=1S/C20H24N2O3/c1-4-15(3)21-20(24)16-10-6-7-11-17(16)22-19(23)13-25-18-12-8-5-9-14(18)2/h5-12,15H,4,13H2,1-3H3,(H,21,24)(H,22,23)/t15-/m0/s1. The molecule has 0 unspecified atom stereocenters. The van der Waals surface area contributed by atoms with Crippen LogP contribution in [0.15, 0.2) is 48.5 Å². The van der Waals surface area contributed by atoms with E-state index in [1.807, 2.05) is 45.0 Å². The molecule has 2 amide bonds. The molecular formula is C20H24N2O3. The summed E-state index contributed by atoms with van der Waals surface area (Å²) in [7, 11) is 0. The lowest BCUT2D eigenvalue weighted by Gasteiger charge is -2.15. The van der Waals surface area contributed by atoms with E-state index in [2.05, 4.69) is 10.6 Å². The first kappa shape index (κ1) is 18.5. The molecule has 0 saturated carbocycles. The molecule has 2 rings (SSSR count). The molecular weight excluding hydrogens is 316 g/mol. The van der Waals surface area contributed by atoms with Crippen LogP contribution < -0.4 is 15.4 Å². The van der Waals surface area contributed by atoms with Crippen molar-refractivity contribution in [2.24, 2.45) is 0 Å². The van der Waals surface area contributed by atoms with Gasteiger partial charge in [0, 0.05) is 6.04 Å². The molecule has 132 valence electrons. The zero-order valence-electron chi connectivity index (χ0n) is 14.8. The van der Waals surface area contributed by atoms with Crippen molar-refractivity contribution in [2.45, 2.75) is 33.2 Å². The predicted molar refractivity (Wildman–Crippen MR) is 99.0 cm³/mol. The van der Waals surface area contributed by atoms with Gasteiger partial charge in [-0.05, 0) is 44.0 Å². The van der Waals surface area contributed by atoms with Crippen LogP contribution in [0, 0.1) is 6.92 Å². The minimum atomic E-state index is -0.313. The van der Waals surface area contributed by atoms with E-state index in [0.717, 1.165) is 12.0 Å². The highest BCUT2D eigenvalue weighted by Gasteiger charge is 2.14. The highest BCUT2D eigenvalue weighted by molar-refractivity contribution is 6.04. The van der Waals surface area contributed by atoms with E-state index in [1.54, 1.807) is 24.3 Å². The second-order valence-corrected chi connectivity index (χ2v) is 5.93. The van der Waals surface area contributed by atoms with Crippen LogP contribution in [0.2, 0.25) is 0 Å². The molecule has 0 aromatic heterocycles. The van der Waals surface area contributed by atoms with Gasteiger partial charge in [-0.15, -0.1) is 0 Å². The Morgan fingerprint density at radius 3 is 2.48 bits per heavy atom. The summed E-state index contributed by atoms with van der Waals surface area (Å²) < 4.78 is 5.54. The van der Waals surface area contributed by atoms with Gasteiger partial charge >= 0.3 is 0 Å². The van der Waals surface area contributed by atoms with E-state index < -0.39 is 0 Å². The molecule has 0 radical (unpaired) electrons. The molecule has 5 nitrogen and oxygen atoms in total. The number of carbonyl (C=O) groups is 2. The van der Waals surface area contributed by atoms with Crippen LogP contribution in [0.3, 0.4) is 0 Å². The second kappa shape index (κ2) is 8.87. The monoisotopic (exact) mass is 340 g/mol. The average Bonchev–Trinajstić information content (AvgIpc) is 2.61. The van der Waals surface area contributed by atoms with Gasteiger partial charge < -0.3 is 15.4 Å². The number of carbonyl (C=O) groups excluding carboxylic acids is 2. The topological polar surface area (TPSA) is 67.4 Å². The van der Waals surface area contributed by atoms with E-state index in [0.29, 0.717) is 17.0 Å². The summed E-state index contributed by atoms with van der Waals surface area (Å²) in [6.07, 6.45) is 0.838. The maximum Gasteiger partial charge on any atom is 0.262 e. The zero-order valence-corrected chi connectivity index (χ0v) is 14.8. The van der Waals surface area contributed by atoms with Gasteiger partial charge in [0.05, 0.1) is 11.3 Å². The number of hydrogen-bond acceptors (Lipinski definition) is 3. The summed E-state index contributed by atoms with van der Waals surface area (Å²) in [5, 5.41) is 5.65. The van der Waals surface area contributed by atoms with Crippen LogP contribution >= 0.6 is 0 Å². The van der Waals surface area contributed by atoms with Crippen LogP contribution in [0.4, 0.5) is 5.69 Å². The zero-order chi connectivity index (χ0) is 18.2. The maximum atomic E-state index is 12.3. The average molecular weight is 340 g/mol. The summed E-state index contributed by atoms with van der Waals surface area (Å²) in [5.74, 6) is 0.151. The molecule has 0 aliphatic heterocycles. The van der Waals surface area contributed by atoms with Gasteiger partial charge in [-0.1, -0.05) is 37.3 Å². The van der Waals surface area contributed by atoms with Crippen molar-refractivity contribution >= 4 is 17.5 Å². The fraction of sp³-hybridized carbons (Fsp3) is 0.300. The number of nitrogens with one attached hydrogen (secondary N) is 2. The Balaban J connectivity index is 2.01.